The number of para-hydroxylation sites is 3. The molecule has 0 atom stereocenters. The molecule has 0 saturated heterocycles. The molecule has 0 bridgehead atoms. The predicted octanol–water partition coefficient (Wildman–Crippen LogP) is 12.7. The summed E-state index contributed by atoms with van der Waals surface area (Å²) in [5.41, 5.74) is 11.7. The van der Waals surface area contributed by atoms with Gasteiger partial charge in [-0.3, -0.25) is 16.3 Å². The van der Waals surface area contributed by atoms with Gasteiger partial charge in [-0.15, -0.1) is 47.3 Å². The summed E-state index contributed by atoms with van der Waals surface area (Å²) in [5, 5.41) is 4.70. The van der Waals surface area contributed by atoms with Crippen molar-refractivity contribution in [1.29, 1.82) is 0 Å². The smallest absolute Gasteiger partial charge is 0.0774 e. The molecule has 9 aromatic rings. The maximum absolute atomic E-state index is 8.53. The van der Waals surface area contributed by atoms with Gasteiger partial charge in [-0.1, -0.05) is 150 Å². The second-order valence-corrected chi connectivity index (χ2v) is 13.3. The van der Waals surface area contributed by atoms with Gasteiger partial charge in [-0.05, 0) is 40.9 Å². The van der Waals surface area contributed by atoms with Crippen LogP contribution in [0.25, 0.3) is 71.7 Å². The number of benzene rings is 6. The fraction of sp³-hybridized carbons (Fsp3) is 0.0638. The largest absolute Gasteiger partial charge is 0.332 e. The third-order valence-electron chi connectivity index (χ3n) is 8.95. The summed E-state index contributed by atoms with van der Waals surface area (Å²) in [7, 11) is 0. The summed E-state index contributed by atoms with van der Waals surface area (Å²) in [4.78, 5) is 9.44. The van der Waals surface area contributed by atoms with E-state index in [0.29, 0.717) is 0 Å². The molecule has 0 N–H and O–H groups in total. The van der Waals surface area contributed by atoms with Crippen molar-refractivity contribution in [3.05, 3.63) is 187 Å². The summed E-state index contributed by atoms with van der Waals surface area (Å²) in [6, 6.07) is 59.2. The first kappa shape index (κ1) is 33.7. The molecule has 6 aromatic carbocycles. The van der Waals surface area contributed by atoms with Crippen molar-refractivity contribution in [3.8, 4) is 50.6 Å². The second kappa shape index (κ2) is 15.8. The van der Waals surface area contributed by atoms with Crippen molar-refractivity contribution in [1.82, 2.24) is 14.5 Å². The maximum atomic E-state index is 8.53. The van der Waals surface area contributed by atoms with Gasteiger partial charge in [0.25, 0.3) is 0 Å². The van der Waals surface area contributed by atoms with Crippen LogP contribution < -0.4 is 0 Å². The van der Waals surface area contributed by atoms with Crippen molar-refractivity contribution in [2.75, 3.05) is 0 Å². The first-order valence-corrected chi connectivity index (χ1v) is 17.8. The van der Waals surface area contributed by atoms with Crippen LogP contribution in [0.2, 0.25) is 0 Å². The van der Waals surface area contributed by atoms with E-state index in [1.807, 2.05) is 62.4 Å². The average Bonchev–Trinajstić information content (AvgIpc) is 3.80. The third-order valence-corrected chi connectivity index (χ3v) is 9.82. The van der Waals surface area contributed by atoms with E-state index in [1.165, 1.54) is 0 Å². The zero-order chi connectivity index (χ0) is 35.5. The fourth-order valence-corrected chi connectivity index (χ4v) is 7.31. The maximum Gasteiger partial charge on any atom is 0.0774 e. The minimum atomic E-state index is -0.662. The molecule has 52 heavy (non-hydrogen) atoms. The molecule has 9 rings (SSSR count). The zero-order valence-corrected chi connectivity index (χ0v) is 32.0. The Balaban J connectivity index is 0.000000284. The number of rotatable bonds is 6. The summed E-state index contributed by atoms with van der Waals surface area (Å²) >= 11 is 1.59. The molecule has 3 heterocycles. The number of fused-ring (bicyclic) bond motifs is 2. The van der Waals surface area contributed by atoms with E-state index in [0.717, 1.165) is 77.3 Å². The topological polar surface area (TPSA) is 30.7 Å². The first-order chi connectivity index (χ1) is 25.5. The minimum absolute atomic E-state index is 0. The van der Waals surface area contributed by atoms with Crippen LogP contribution in [-0.2, 0) is 20.1 Å². The van der Waals surface area contributed by atoms with Crippen LogP contribution in [0.4, 0.5) is 0 Å². The number of imidazole rings is 1. The molecule has 0 amide bonds. The van der Waals surface area contributed by atoms with Gasteiger partial charge in [0.2, 0.25) is 0 Å². The van der Waals surface area contributed by atoms with Crippen LogP contribution in [0.1, 0.15) is 26.7 Å². The van der Waals surface area contributed by atoms with Crippen LogP contribution in [0, 0.1) is 11.4 Å². The monoisotopic (exact) mass is 867 g/mol. The molecule has 0 aliphatic rings. The Kier molecular flexibility index (Phi) is 10.3. The second-order valence-electron chi connectivity index (χ2n) is 12.5. The Labute approximate surface area is 324 Å². The predicted molar refractivity (Wildman–Crippen MR) is 214 cm³/mol. The molecule has 0 aliphatic carbocycles. The standard InChI is InChI=1S/C36H27N2S.C11H8N.Ir/c1-24(2)27-20-21-30-31(23-39-34(30)22-27)36-37-32-18-9-10-19-33(32)38(36)35-28(25-12-5-3-6-13-25)16-11-17-29(35)26-14-7-4-8-15-26;1-2-6-10(7-3-1)11-8-4-5-9-12-11;/h3-22,24H,1-2H3;1-6,8-9H;/q2*-1;/i24D;;. The van der Waals surface area contributed by atoms with Crippen molar-refractivity contribution in [3.63, 3.8) is 0 Å². The van der Waals surface area contributed by atoms with Crippen molar-refractivity contribution in [2.45, 2.75) is 19.7 Å². The quantitative estimate of drug-likeness (QED) is 0.156. The third kappa shape index (κ3) is 7.04. The number of pyridine rings is 1. The molecule has 0 unspecified atom stereocenters. The summed E-state index contributed by atoms with van der Waals surface area (Å²) in [6.07, 6.45) is 1.79. The Morgan fingerprint density at radius 2 is 1.37 bits per heavy atom. The van der Waals surface area contributed by atoms with Crippen LogP contribution in [0.5, 0.6) is 0 Å². The Hall–Kier alpha value is -5.45. The molecule has 5 heteroatoms. The van der Waals surface area contributed by atoms with Crippen LogP contribution in [-0.4, -0.2) is 14.5 Å². The van der Waals surface area contributed by atoms with E-state index in [4.69, 9.17) is 6.35 Å². The van der Waals surface area contributed by atoms with Gasteiger partial charge in [0, 0.05) is 38.8 Å². The van der Waals surface area contributed by atoms with E-state index in [2.05, 4.69) is 136 Å². The van der Waals surface area contributed by atoms with Gasteiger partial charge in [-0.2, -0.15) is 0 Å². The van der Waals surface area contributed by atoms with E-state index in [-0.39, 0.29) is 20.1 Å². The van der Waals surface area contributed by atoms with Crippen LogP contribution >= 0.6 is 11.3 Å². The zero-order valence-electron chi connectivity index (χ0n) is 29.7. The number of hydrogen-bond acceptors (Lipinski definition) is 3. The fourth-order valence-electron chi connectivity index (χ4n) is 6.43. The Morgan fingerprint density at radius 1 is 0.692 bits per heavy atom. The summed E-state index contributed by atoms with van der Waals surface area (Å²) in [6.45, 7) is 3.86. The molecule has 255 valence electrons. The molecule has 0 spiro atoms. The van der Waals surface area contributed by atoms with Gasteiger partial charge >= 0.3 is 0 Å². The van der Waals surface area contributed by atoms with Crippen LogP contribution in [0.3, 0.4) is 0 Å². The van der Waals surface area contributed by atoms with Gasteiger partial charge in [0.15, 0.2) is 0 Å². The number of nitrogens with zero attached hydrogens (tertiary/aromatic N) is 3. The number of thiophene rings is 1. The molecule has 1 radical (unpaired) electrons. The Bertz CT molecular complexity index is 2500. The van der Waals surface area contributed by atoms with E-state index in [9.17, 15) is 0 Å². The Morgan fingerprint density at radius 3 is 2.02 bits per heavy atom. The molecule has 3 nitrogen and oxygen atoms in total. The molecule has 0 fully saturated rings. The van der Waals surface area contributed by atoms with Gasteiger partial charge in [-0.25, -0.2) is 0 Å². The number of hydrogen-bond donors (Lipinski definition) is 0. The summed E-state index contributed by atoms with van der Waals surface area (Å²) < 4.78 is 12.0. The van der Waals surface area contributed by atoms with Crippen molar-refractivity contribution < 1.29 is 21.5 Å². The van der Waals surface area contributed by atoms with Crippen molar-refractivity contribution >= 4 is 32.5 Å². The average molecular weight is 867 g/mol. The van der Waals surface area contributed by atoms with E-state index >= 15 is 0 Å². The SMILES string of the molecule is [2H]C(C)(C)c1ccc2c(-c3nc4ccccc4n3-c3c(-c4ccccc4)cccc3-c3ccccc3)[c-]sc2c1.[Ir].[c-]1ccccc1-c1ccccn1. The first-order valence-electron chi connectivity index (χ1n) is 17.5. The van der Waals surface area contributed by atoms with Crippen LogP contribution in [0.15, 0.2) is 170 Å². The molecule has 0 saturated carbocycles. The van der Waals surface area contributed by atoms with E-state index < -0.39 is 5.89 Å². The molecular formula is C47H35IrN3S-2. The van der Waals surface area contributed by atoms with Crippen molar-refractivity contribution in [2.24, 2.45) is 0 Å². The van der Waals surface area contributed by atoms with E-state index in [1.54, 1.807) is 17.5 Å². The van der Waals surface area contributed by atoms with Gasteiger partial charge < -0.3 is 9.55 Å². The minimum Gasteiger partial charge on any atom is -0.332 e. The van der Waals surface area contributed by atoms with Gasteiger partial charge in [0.05, 0.1) is 22.5 Å². The molecule has 0 aliphatic heterocycles. The summed E-state index contributed by atoms with van der Waals surface area (Å²) in [5.74, 6) is 0.205. The van der Waals surface area contributed by atoms with Gasteiger partial charge in [0.1, 0.15) is 0 Å². The molecule has 3 aromatic heterocycles. The molecular weight excluding hydrogens is 831 g/mol. The normalized spacial score (nSPS) is 11.4. The number of aromatic nitrogens is 3.